The van der Waals surface area contributed by atoms with Crippen LogP contribution in [0.4, 0.5) is 28.4 Å². The molecule has 0 N–H and O–H groups in total. The summed E-state index contributed by atoms with van der Waals surface area (Å²) in [4.78, 5) is 5.55. The Kier molecular flexibility index (Phi) is 7.96. The number of aryl methyl sites for hydroxylation is 4. The fourth-order valence-corrected chi connectivity index (χ4v) is 11.4. The van der Waals surface area contributed by atoms with Crippen LogP contribution in [0.15, 0.2) is 109 Å². The van der Waals surface area contributed by atoms with Crippen LogP contribution in [0, 0.1) is 6.92 Å². The molecule has 0 saturated heterocycles. The molecule has 11 rings (SSSR count). The van der Waals surface area contributed by atoms with Gasteiger partial charge in [-0.25, -0.2) is 0 Å². The van der Waals surface area contributed by atoms with Gasteiger partial charge < -0.3 is 9.80 Å². The average molecular weight is 729 g/mol. The Bertz CT molecular complexity index is 2540. The molecule has 2 nitrogen and oxygen atoms in total. The van der Waals surface area contributed by atoms with Crippen LogP contribution in [0.2, 0.25) is 0 Å². The third-order valence-corrected chi connectivity index (χ3v) is 14.1. The molecule has 3 heteroatoms. The highest BCUT2D eigenvalue weighted by atomic mass is 15.2. The van der Waals surface area contributed by atoms with Crippen molar-refractivity contribution in [3.05, 3.63) is 154 Å². The van der Waals surface area contributed by atoms with Crippen molar-refractivity contribution in [1.29, 1.82) is 0 Å². The summed E-state index contributed by atoms with van der Waals surface area (Å²) in [6.07, 6.45) is 13.3. The number of benzene rings is 6. The second kappa shape index (κ2) is 13.0. The molecule has 0 fully saturated rings. The molecule has 1 unspecified atom stereocenters. The molecular formula is C53H53BN2. The zero-order valence-corrected chi connectivity index (χ0v) is 33.7. The molecule has 0 spiro atoms. The fourth-order valence-electron chi connectivity index (χ4n) is 11.4. The first kappa shape index (κ1) is 34.3. The maximum atomic E-state index is 2.81. The largest absolute Gasteiger partial charge is 0.335 e. The van der Waals surface area contributed by atoms with E-state index in [-0.39, 0.29) is 18.2 Å². The number of hydrogen-bond donors (Lipinski definition) is 0. The summed E-state index contributed by atoms with van der Waals surface area (Å²) in [6.45, 7) is 9.43. The van der Waals surface area contributed by atoms with Gasteiger partial charge in [0, 0.05) is 28.4 Å². The SMILES string of the molecule is Cc1cc2c3c(c1)N(C1CCCc4ccccc41)c1ccc(-c4ccc(C(C)(C)C)cc4)cc1B3c1c(ccc3c1CCCC3)N2c1cccc2c1CCCC2. The minimum absolute atomic E-state index is 0.123. The predicted octanol–water partition coefficient (Wildman–Crippen LogP) is 11.5. The van der Waals surface area contributed by atoms with E-state index in [4.69, 9.17) is 0 Å². The molecule has 0 bridgehead atoms. The van der Waals surface area contributed by atoms with Gasteiger partial charge >= 0.3 is 0 Å². The standard InChI is InChI=1S/C53H53BN2/c1-34-31-49-52-50(32-34)56(46-22-12-17-37-14-6-9-19-42(37)46)48-30-25-38-15-7-10-20-43(38)51(48)54(52)44-33-39(35-23-27-40(28-24-35)53(2,3)4)26-29-47(44)55(49)45-21-11-16-36-13-5-8-18-41(36)45/h5,8,12-13,17-18,22-33,45H,6-7,9-11,14-16,19-21H2,1-4H3. The van der Waals surface area contributed by atoms with E-state index in [1.807, 2.05) is 0 Å². The van der Waals surface area contributed by atoms with E-state index in [0.29, 0.717) is 0 Å². The first-order chi connectivity index (χ1) is 27.3. The minimum Gasteiger partial charge on any atom is -0.335 e. The van der Waals surface area contributed by atoms with Crippen molar-refractivity contribution in [2.24, 2.45) is 0 Å². The molecule has 5 aliphatic rings. The van der Waals surface area contributed by atoms with Crippen LogP contribution < -0.4 is 26.2 Å². The maximum absolute atomic E-state index is 2.81. The number of anilines is 5. The first-order valence-corrected chi connectivity index (χ1v) is 21.7. The zero-order chi connectivity index (χ0) is 37.7. The quantitative estimate of drug-likeness (QED) is 0.167. The van der Waals surface area contributed by atoms with Gasteiger partial charge in [0.05, 0.1) is 6.04 Å². The summed E-state index contributed by atoms with van der Waals surface area (Å²) >= 11 is 0. The highest BCUT2D eigenvalue weighted by molar-refractivity contribution is 7.00. The van der Waals surface area contributed by atoms with Crippen LogP contribution >= 0.6 is 0 Å². The van der Waals surface area contributed by atoms with Crippen molar-refractivity contribution in [3.63, 3.8) is 0 Å². The van der Waals surface area contributed by atoms with Crippen LogP contribution in [0.1, 0.15) is 110 Å². The molecule has 1 atom stereocenters. The molecular weight excluding hydrogens is 675 g/mol. The topological polar surface area (TPSA) is 6.48 Å². The molecule has 0 amide bonds. The summed E-state index contributed by atoms with van der Waals surface area (Å²) in [5.74, 6) is 0. The molecule has 0 saturated carbocycles. The van der Waals surface area contributed by atoms with E-state index in [1.165, 1.54) is 118 Å². The Labute approximate surface area is 334 Å². The monoisotopic (exact) mass is 728 g/mol. The van der Waals surface area contributed by atoms with Crippen LogP contribution in [-0.4, -0.2) is 6.71 Å². The van der Waals surface area contributed by atoms with Crippen molar-refractivity contribution in [2.45, 2.75) is 110 Å². The Morgan fingerprint density at radius 2 is 1.21 bits per heavy atom. The molecule has 0 aromatic heterocycles. The smallest absolute Gasteiger partial charge is 0.252 e. The lowest BCUT2D eigenvalue weighted by molar-refractivity contribution is 0.559. The maximum Gasteiger partial charge on any atom is 0.252 e. The highest BCUT2D eigenvalue weighted by Gasteiger charge is 2.47. The molecule has 6 aromatic carbocycles. The molecule has 56 heavy (non-hydrogen) atoms. The Hall–Kier alpha value is -5.02. The number of fused-ring (bicyclic) bond motifs is 8. The minimum atomic E-state index is 0.123. The third-order valence-electron chi connectivity index (χ3n) is 14.1. The third kappa shape index (κ3) is 5.29. The Balaban J connectivity index is 1.21. The Morgan fingerprint density at radius 1 is 0.536 bits per heavy atom. The molecule has 3 aliphatic carbocycles. The summed E-state index contributed by atoms with van der Waals surface area (Å²) in [5, 5.41) is 0. The molecule has 2 heterocycles. The molecule has 2 aliphatic heterocycles. The highest BCUT2D eigenvalue weighted by Crippen LogP contribution is 2.49. The molecule has 278 valence electrons. The van der Waals surface area contributed by atoms with E-state index in [2.05, 4.69) is 147 Å². The lowest BCUT2D eigenvalue weighted by Crippen LogP contribution is -2.63. The first-order valence-electron chi connectivity index (χ1n) is 21.7. The zero-order valence-electron chi connectivity index (χ0n) is 33.7. The van der Waals surface area contributed by atoms with E-state index in [9.17, 15) is 0 Å². The van der Waals surface area contributed by atoms with E-state index in [1.54, 1.807) is 27.7 Å². The number of nitrogens with zero attached hydrogens (tertiary/aromatic N) is 2. The van der Waals surface area contributed by atoms with Gasteiger partial charge in [0.15, 0.2) is 0 Å². The van der Waals surface area contributed by atoms with Gasteiger partial charge in [-0.15, -0.1) is 0 Å². The van der Waals surface area contributed by atoms with Crippen LogP contribution in [-0.2, 0) is 37.5 Å². The summed E-state index contributed by atoms with van der Waals surface area (Å²) < 4.78 is 0. The van der Waals surface area contributed by atoms with Gasteiger partial charge in [0.25, 0.3) is 6.71 Å². The van der Waals surface area contributed by atoms with Gasteiger partial charge in [-0.1, -0.05) is 99.6 Å². The van der Waals surface area contributed by atoms with Crippen LogP contribution in [0.3, 0.4) is 0 Å². The van der Waals surface area contributed by atoms with Crippen LogP contribution in [0.25, 0.3) is 11.1 Å². The van der Waals surface area contributed by atoms with Gasteiger partial charge in [0.2, 0.25) is 0 Å². The molecule has 0 radical (unpaired) electrons. The van der Waals surface area contributed by atoms with Gasteiger partial charge in [0.1, 0.15) is 0 Å². The predicted molar refractivity (Wildman–Crippen MR) is 239 cm³/mol. The lowest BCUT2D eigenvalue weighted by atomic mass is 9.32. The average Bonchev–Trinajstić information content (AvgIpc) is 3.22. The van der Waals surface area contributed by atoms with Crippen molar-refractivity contribution >= 4 is 51.5 Å². The molecule has 6 aromatic rings. The van der Waals surface area contributed by atoms with E-state index in [0.717, 1.165) is 25.7 Å². The van der Waals surface area contributed by atoms with Gasteiger partial charge in [-0.3, -0.25) is 0 Å². The number of hydrogen-bond acceptors (Lipinski definition) is 2. The van der Waals surface area contributed by atoms with Crippen molar-refractivity contribution in [1.82, 2.24) is 0 Å². The Morgan fingerprint density at radius 3 is 2.04 bits per heavy atom. The van der Waals surface area contributed by atoms with Crippen molar-refractivity contribution < 1.29 is 0 Å². The van der Waals surface area contributed by atoms with Gasteiger partial charge in [-0.05, 0) is 185 Å². The summed E-state index contributed by atoms with van der Waals surface area (Å²) in [5.41, 5.74) is 26.3. The normalized spacial score (nSPS) is 18.0. The second-order valence-corrected chi connectivity index (χ2v) is 18.5. The second-order valence-electron chi connectivity index (χ2n) is 18.5. The summed E-state index contributed by atoms with van der Waals surface area (Å²) in [7, 11) is 0. The van der Waals surface area contributed by atoms with Crippen molar-refractivity contribution in [3.8, 4) is 11.1 Å². The lowest BCUT2D eigenvalue weighted by Gasteiger charge is -2.48. The summed E-state index contributed by atoms with van der Waals surface area (Å²) in [6, 6.07) is 43.8. The van der Waals surface area contributed by atoms with E-state index >= 15 is 0 Å². The fraction of sp³-hybridized carbons (Fsp3) is 0.321. The van der Waals surface area contributed by atoms with Crippen molar-refractivity contribution in [2.75, 3.05) is 9.80 Å². The van der Waals surface area contributed by atoms with Gasteiger partial charge in [-0.2, -0.15) is 0 Å². The van der Waals surface area contributed by atoms with E-state index < -0.39 is 0 Å². The number of rotatable bonds is 3. The van der Waals surface area contributed by atoms with Crippen LogP contribution in [0.5, 0.6) is 0 Å².